The molecule has 0 bridgehead atoms. The Morgan fingerprint density at radius 1 is 0.850 bits per heavy atom. The van der Waals surface area contributed by atoms with Gasteiger partial charge in [-0.05, 0) is 25.0 Å². The predicted octanol–water partition coefficient (Wildman–Crippen LogP) is 5.01. The van der Waals surface area contributed by atoms with E-state index < -0.39 is 0 Å². The van der Waals surface area contributed by atoms with E-state index >= 15 is 0 Å². The molecule has 2 nitrogen and oxygen atoms in total. The van der Waals surface area contributed by atoms with Crippen LogP contribution in [-0.4, -0.2) is 11.6 Å². The van der Waals surface area contributed by atoms with Crippen LogP contribution >= 0.6 is 0 Å². The van der Waals surface area contributed by atoms with Gasteiger partial charge in [0.25, 0.3) is 0 Å². The van der Waals surface area contributed by atoms with Gasteiger partial charge in [0, 0.05) is 11.8 Å². The first-order valence-corrected chi connectivity index (χ1v) is 8.40. The zero-order valence-electron chi connectivity index (χ0n) is 13.2. The fraction of sp³-hybridized carbons (Fsp3) is 0.778. The standard InChI is InChI=1S/C18H30O2/c1-3-5-7-9-13-18(14-10-8-6-4-2)15-16(19)11-12-17(18)20/h11-12H,3-10,13-15H2,1-2H3. The third-order valence-electron chi connectivity index (χ3n) is 4.47. The fourth-order valence-corrected chi connectivity index (χ4v) is 3.15. The molecule has 0 aliphatic heterocycles. The molecule has 114 valence electrons. The van der Waals surface area contributed by atoms with E-state index in [1.54, 1.807) is 0 Å². The minimum atomic E-state index is -0.368. The van der Waals surface area contributed by atoms with Crippen molar-refractivity contribution >= 4 is 11.6 Å². The zero-order chi connectivity index (χ0) is 14.8. The highest BCUT2D eigenvalue weighted by molar-refractivity contribution is 6.07. The third kappa shape index (κ3) is 5.22. The summed E-state index contributed by atoms with van der Waals surface area (Å²) in [6, 6.07) is 0. The van der Waals surface area contributed by atoms with Gasteiger partial charge in [-0.1, -0.05) is 65.2 Å². The number of hydrogen-bond donors (Lipinski definition) is 0. The lowest BCUT2D eigenvalue weighted by Gasteiger charge is -2.33. The van der Waals surface area contributed by atoms with E-state index in [0.717, 1.165) is 25.7 Å². The Morgan fingerprint density at radius 3 is 1.90 bits per heavy atom. The van der Waals surface area contributed by atoms with Crippen molar-refractivity contribution in [1.82, 2.24) is 0 Å². The monoisotopic (exact) mass is 278 g/mol. The van der Waals surface area contributed by atoms with Crippen LogP contribution in [-0.2, 0) is 9.59 Å². The van der Waals surface area contributed by atoms with Crippen LogP contribution < -0.4 is 0 Å². The van der Waals surface area contributed by atoms with Gasteiger partial charge in [-0.3, -0.25) is 9.59 Å². The first-order chi connectivity index (χ1) is 9.64. The molecule has 0 N–H and O–H groups in total. The Bertz CT molecular complexity index is 329. The molecular formula is C18H30O2. The minimum absolute atomic E-state index is 0.135. The van der Waals surface area contributed by atoms with E-state index in [-0.39, 0.29) is 17.0 Å². The van der Waals surface area contributed by atoms with Crippen molar-refractivity contribution in [3.63, 3.8) is 0 Å². The third-order valence-corrected chi connectivity index (χ3v) is 4.47. The van der Waals surface area contributed by atoms with Gasteiger partial charge in [0.2, 0.25) is 0 Å². The summed E-state index contributed by atoms with van der Waals surface area (Å²) in [7, 11) is 0. The maximum Gasteiger partial charge on any atom is 0.162 e. The molecule has 1 aliphatic carbocycles. The number of allylic oxidation sites excluding steroid dienone is 2. The summed E-state index contributed by atoms with van der Waals surface area (Å²) in [4.78, 5) is 24.1. The average Bonchev–Trinajstić information content (AvgIpc) is 2.44. The Balaban J connectivity index is 2.59. The molecule has 0 aromatic heterocycles. The molecule has 20 heavy (non-hydrogen) atoms. The molecule has 0 atom stereocenters. The Morgan fingerprint density at radius 2 is 1.40 bits per heavy atom. The molecule has 1 rings (SSSR count). The molecule has 0 aromatic rings. The van der Waals surface area contributed by atoms with Gasteiger partial charge < -0.3 is 0 Å². The summed E-state index contributed by atoms with van der Waals surface area (Å²) < 4.78 is 0. The smallest absolute Gasteiger partial charge is 0.162 e. The predicted molar refractivity (Wildman–Crippen MR) is 83.7 cm³/mol. The number of unbranched alkanes of at least 4 members (excludes halogenated alkanes) is 6. The fourth-order valence-electron chi connectivity index (χ4n) is 3.15. The van der Waals surface area contributed by atoms with Crippen molar-refractivity contribution in [3.8, 4) is 0 Å². The quantitative estimate of drug-likeness (QED) is 0.526. The molecule has 0 heterocycles. The van der Waals surface area contributed by atoms with Crippen LogP contribution in [0.2, 0.25) is 0 Å². The van der Waals surface area contributed by atoms with Crippen molar-refractivity contribution in [2.75, 3.05) is 0 Å². The molecule has 0 saturated carbocycles. The number of carbonyl (C=O) groups excluding carboxylic acids is 2. The van der Waals surface area contributed by atoms with Crippen LogP contribution in [0.3, 0.4) is 0 Å². The Labute approximate surface area is 124 Å². The van der Waals surface area contributed by atoms with Gasteiger partial charge in [0.1, 0.15) is 0 Å². The van der Waals surface area contributed by atoms with Crippen LogP contribution in [0.15, 0.2) is 12.2 Å². The van der Waals surface area contributed by atoms with Crippen LogP contribution in [0.4, 0.5) is 0 Å². The normalized spacial score (nSPS) is 17.7. The van der Waals surface area contributed by atoms with Crippen molar-refractivity contribution in [1.29, 1.82) is 0 Å². The molecule has 0 radical (unpaired) electrons. The molecular weight excluding hydrogens is 248 g/mol. The van der Waals surface area contributed by atoms with Gasteiger partial charge in [-0.25, -0.2) is 0 Å². The highest BCUT2D eigenvalue weighted by atomic mass is 16.1. The van der Waals surface area contributed by atoms with E-state index in [2.05, 4.69) is 13.8 Å². The highest BCUT2D eigenvalue weighted by Gasteiger charge is 2.39. The summed E-state index contributed by atoms with van der Waals surface area (Å²) in [5, 5.41) is 0. The van der Waals surface area contributed by atoms with E-state index in [4.69, 9.17) is 0 Å². The molecule has 0 aromatic carbocycles. The van der Waals surface area contributed by atoms with Gasteiger partial charge in [-0.2, -0.15) is 0 Å². The summed E-state index contributed by atoms with van der Waals surface area (Å²) in [6.07, 6.45) is 14.6. The summed E-state index contributed by atoms with van der Waals surface area (Å²) >= 11 is 0. The van der Waals surface area contributed by atoms with Crippen LogP contribution in [0, 0.1) is 5.41 Å². The van der Waals surface area contributed by atoms with Crippen LogP contribution in [0.5, 0.6) is 0 Å². The number of carbonyl (C=O) groups is 2. The van der Waals surface area contributed by atoms with Gasteiger partial charge >= 0.3 is 0 Å². The van der Waals surface area contributed by atoms with Crippen LogP contribution in [0.1, 0.15) is 84.5 Å². The topological polar surface area (TPSA) is 34.1 Å². The SMILES string of the molecule is CCCCCCC1(CCCCCC)CC(=O)C=CC1=O. The second-order valence-electron chi connectivity index (χ2n) is 6.24. The largest absolute Gasteiger partial charge is 0.295 e. The zero-order valence-corrected chi connectivity index (χ0v) is 13.2. The van der Waals surface area contributed by atoms with Gasteiger partial charge in [0.15, 0.2) is 11.6 Å². The molecule has 0 saturated heterocycles. The lowest BCUT2D eigenvalue weighted by Crippen LogP contribution is -2.35. The summed E-state index contributed by atoms with van der Waals surface area (Å²) in [5.74, 6) is 0.334. The maximum absolute atomic E-state index is 12.4. The van der Waals surface area contributed by atoms with E-state index in [1.807, 2.05) is 0 Å². The lowest BCUT2D eigenvalue weighted by molar-refractivity contribution is -0.131. The second-order valence-corrected chi connectivity index (χ2v) is 6.24. The molecule has 1 aliphatic rings. The van der Waals surface area contributed by atoms with E-state index in [0.29, 0.717) is 6.42 Å². The molecule has 2 heteroatoms. The molecule has 0 amide bonds. The van der Waals surface area contributed by atoms with Gasteiger partial charge in [0.05, 0.1) is 0 Å². The lowest BCUT2D eigenvalue weighted by atomic mass is 9.69. The van der Waals surface area contributed by atoms with Crippen molar-refractivity contribution < 1.29 is 9.59 Å². The highest BCUT2D eigenvalue weighted by Crippen LogP contribution is 2.39. The maximum atomic E-state index is 12.4. The molecule has 0 fully saturated rings. The van der Waals surface area contributed by atoms with Crippen LogP contribution in [0.25, 0.3) is 0 Å². The van der Waals surface area contributed by atoms with Crippen molar-refractivity contribution in [3.05, 3.63) is 12.2 Å². The van der Waals surface area contributed by atoms with E-state index in [9.17, 15) is 9.59 Å². The summed E-state index contributed by atoms with van der Waals surface area (Å²) in [5.41, 5.74) is -0.368. The number of ketones is 2. The van der Waals surface area contributed by atoms with Crippen molar-refractivity contribution in [2.24, 2.45) is 5.41 Å². The first-order valence-electron chi connectivity index (χ1n) is 8.40. The van der Waals surface area contributed by atoms with Gasteiger partial charge in [-0.15, -0.1) is 0 Å². The number of rotatable bonds is 10. The summed E-state index contributed by atoms with van der Waals surface area (Å²) in [6.45, 7) is 4.39. The number of hydrogen-bond acceptors (Lipinski definition) is 2. The Hall–Kier alpha value is -0.920. The molecule has 0 spiro atoms. The van der Waals surface area contributed by atoms with E-state index in [1.165, 1.54) is 50.7 Å². The van der Waals surface area contributed by atoms with Crippen molar-refractivity contribution in [2.45, 2.75) is 84.5 Å². The molecule has 0 unspecified atom stereocenters. The second kappa shape index (κ2) is 9.10. The minimum Gasteiger partial charge on any atom is -0.295 e. The average molecular weight is 278 g/mol. The Kier molecular flexibility index (Phi) is 7.79. The first kappa shape index (κ1) is 17.1.